The SMILES string of the molecule is O=C(CC1CCCCN1S(=O)(=O)c1cccc(C(F)(F)F)c1)NCCC1CCN(c2ccncc2)CC1. The van der Waals surface area contributed by atoms with Crippen LogP contribution in [-0.4, -0.2) is 55.8 Å². The number of nitrogens with one attached hydrogen (secondary N) is 1. The number of hydrogen-bond acceptors (Lipinski definition) is 5. The van der Waals surface area contributed by atoms with Gasteiger partial charge in [0.05, 0.1) is 10.5 Å². The number of carbonyl (C=O) groups is 1. The molecule has 2 fully saturated rings. The zero-order valence-electron chi connectivity index (χ0n) is 20.7. The van der Waals surface area contributed by atoms with Crippen molar-refractivity contribution >= 4 is 21.6 Å². The average molecular weight is 539 g/mol. The van der Waals surface area contributed by atoms with Gasteiger partial charge in [-0.2, -0.15) is 17.5 Å². The molecule has 0 saturated carbocycles. The number of nitrogens with zero attached hydrogens (tertiary/aromatic N) is 3. The number of carbonyl (C=O) groups excluding carboxylic acids is 1. The Labute approximate surface area is 216 Å². The van der Waals surface area contributed by atoms with Crippen molar-refractivity contribution in [1.82, 2.24) is 14.6 Å². The fourth-order valence-corrected chi connectivity index (χ4v) is 6.94. The van der Waals surface area contributed by atoms with Gasteiger partial charge in [0.2, 0.25) is 15.9 Å². The molecule has 1 atom stereocenters. The first kappa shape index (κ1) is 27.4. The van der Waals surface area contributed by atoms with E-state index in [1.165, 1.54) is 16.1 Å². The van der Waals surface area contributed by atoms with Crippen LogP contribution in [0.3, 0.4) is 0 Å². The molecule has 7 nitrogen and oxygen atoms in total. The van der Waals surface area contributed by atoms with E-state index in [2.05, 4.69) is 15.2 Å². The normalized spacial score (nSPS) is 20.1. The van der Waals surface area contributed by atoms with E-state index < -0.39 is 32.7 Å². The molecule has 0 bridgehead atoms. The Kier molecular flexibility index (Phi) is 8.74. The summed E-state index contributed by atoms with van der Waals surface area (Å²) in [6, 6.07) is 7.23. The van der Waals surface area contributed by atoms with Gasteiger partial charge in [-0.05, 0) is 68.4 Å². The molecule has 1 aromatic carbocycles. The Morgan fingerprint density at radius 1 is 1.03 bits per heavy atom. The lowest BCUT2D eigenvalue weighted by molar-refractivity contribution is -0.137. The highest BCUT2D eigenvalue weighted by atomic mass is 32.2. The lowest BCUT2D eigenvalue weighted by atomic mass is 9.93. The molecule has 37 heavy (non-hydrogen) atoms. The Morgan fingerprint density at radius 3 is 2.46 bits per heavy atom. The maximum Gasteiger partial charge on any atom is 0.416 e. The summed E-state index contributed by atoms with van der Waals surface area (Å²) in [5.41, 5.74) is 0.158. The summed E-state index contributed by atoms with van der Waals surface area (Å²) >= 11 is 0. The van der Waals surface area contributed by atoms with E-state index in [0.717, 1.165) is 50.9 Å². The van der Waals surface area contributed by atoms with Crippen LogP contribution in [0.15, 0.2) is 53.7 Å². The van der Waals surface area contributed by atoms with Crippen LogP contribution in [0.4, 0.5) is 18.9 Å². The van der Waals surface area contributed by atoms with E-state index in [9.17, 15) is 26.4 Å². The van der Waals surface area contributed by atoms with Gasteiger partial charge in [0, 0.05) is 56.7 Å². The second-order valence-corrected chi connectivity index (χ2v) is 11.7. The Morgan fingerprint density at radius 2 is 1.76 bits per heavy atom. The van der Waals surface area contributed by atoms with Gasteiger partial charge in [-0.25, -0.2) is 8.42 Å². The first-order chi connectivity index (χ1) is 17.6. The van der Waals surface area contributed by atoms with Crippen LogP contribution in [0.5, 0.6) is 0 Å². The third-order valence-electron chi connectivity index (χ3n) is 7.28. The molecule has 0 spiro atoms. The fraction of sp³-hybridized carbons (Fsp3) is 0.538. The van der Waals surface area contributed by atoms with Crippen molar-refractivity contribution in [1.29, 1.82) is 0 Å². The minimum absolute atomic E-state index is 0.00131. The van der Waals surface area contributed by atoms with Crippen molar-refractivity contribution in [3.8, 4) is 0 Å². The molecule has 4 rings (SSSR count). The average Bonchev–Trinajstić information content (AvgIpc) is 2.89. The quantitative estimate of drug-likeness (QED) is 0.537. The summed E-state index contributed by atoms with van der Waals surface area (Å²) in [5, 5.41) is 2.93. The third-order valence-corrected chi connectivity index (χ3v) is 9.23. The smallest absolute Gasteiger partial charge is 0.371 e. The molecule has 1 amide bonds. The molecule has 1 unspecified atom stereocenters. The van der Waals surface area contributed by atoms with Crippen LogP contribution in [0.1, 0.15) is 50.5 Å². The lowest BCUT2D eigenvalue weighted by Gasteiger charge is -2.35. The largest absolute Gasteiger partial charge is 0.416 e. The molecule has 3 heterocycles. The highest BCUT2D eigenvalue weighted by Gasteiger charge is 2.37. The summed E-state index contributed by atoms with van der Waals surface area (Å²) in [6.07, 6.45) is 3.72. The summed E-state index contributed by atoms with van der Waals surface area (Å²) in [5.74, 6) is 0.274. The molecular weight excluding hydrogens is 505 g/mol. The fourth-order valence-electron chi connectivity index (χ4n) is 5.20. The maximum atomic E-state index is 13.2. The molecule has 0 radical (unpaired) electrons. The van der Waals surface area contributed by atoms with E-state index in [4.69, 9.17) is 0 Å². The maximum absolute atomic E-state index is 13.2. The standard InChI is InChI=1S/C26H33F3N4O3S/c27-26(28,29)21-4-3-6-24(18-21)37(35,36)33-15-2-1-5-23(33)19-25(34)31-14-7-20-10-16-32(17-11-20)22-8-12-30-13-9-22/h3-4,6,8-9,12-13,18,20,23H,1-2,5,7,10-11,14-17,19H2,(H,31,34). The Balaban J connectivity index is 1.28. The molecule has 0 aliphatic carbocycles. The Hall–Kier alpha value is -2.66. The van der Waals surface area contributed by atoms with E-state index in [1.807, 2.05) is 12.1 Å². The molecule has 2 aromatic rings. The van der Waals surface area contributed by atoms with Crippen molar-refractivity contribution in [2.24, 2.45) is 5.92 Å². The van der Waals surface area contributed by atoms with Gasteiger partial charge in [0.25, 0.3) is 0 Å². The van der Waals surface area contributed by atoms with E-state index in [-0.39, 0.29) is 18.9 Å². The van der Waals surface area contributed by atoms with E-state index in [1.54, 1.807) is 12.4 Å². The molecule has 2 aliphatic rings. The number of piperidine rings is 2. The van der Waals surface area contributed by atoms with Crippen molar-refractivity contribution < 1.29 is 26.4 Å². The van der Waals surface area contributed by atoms with Crippen LogP contribution in [-0.2, 0) is 21.0 Å². The number of pyridine rings is 1. The van der Waals surface area contributed by atoms with Crippen molar-refractivity contribution in [2.75, 3.05) is 31.1 Å². The summed E-state index contributed by atoms with van der Waals surface area (Å²) in [6.45, 7) is 2.61. The molecule has 2 saturated heterocycles. The van der Waals surface area contributed by atoms with Gasteiger partial charge in [-0.3, -0.25) is 9.78 Å². The molecule has 2 aliphatic heterocycles. The molecular formula is C26H33F3N4O3S. The van der Waals surface area contributed by atoms with Gasteiger partial charge in [-0.15, -0.1) is 0 Å². The van der Waals surface area contributed by atoms with Gasteiger partial charge >= 0.3 is 6.18 Å². The van der Waals surface area contributed by atoms with Gasteiger partial charge in [0.1, 0.15) is 0 Å². The third kappa shape index (κ3) is 7.01. The minimum atomic E-state index is -4.64. The number of rotatable bonds is 8. The highest BCUT2D eigenvalue weighted by Crippen LogP contribution is 2.33. The van der Waals surface area contributed by atoms with Gasteiger partial charge in [-0.1, -0.05) is 12.5 Å². The number of sulfonamides is 1. The number of hydrogen-bond donors (Lipinski definition) is 1. The number of amides is 1. The van der Waals surface area contributed by atoms with E-state index in [0.29, 0.717) is 31.4 Å². The Bertz CT molecular complexity index is 1150. The molecule has 1 N–H and O–H groups in total. The number of anilines is 1. The van der Waals surface area contributed by atoms with Crippen molar-refractivity contribution in [2.45, 2.75) is 62.1 Å². The van der Waals surface area contributed by atoms with Crippen molar-refractivity contribution in [3.63, 3.8) is 0 Å². The number of benzene rings is 1. The zero-order chi connectivity index (χ0) is 26.5. The first-order valence-electron chi connectivity index (χ1n) is 12.8. The number of alkyl halides is 3. The molecule has 11 heteroatoms. The second kappa shape index (κ2) is 11.8. The summed E-state index contributed by atoms with van der Waals surface area (Å²) in [7, 11) is -4.16. The van der Waals surface area contributed by atoms with Crippen LogP contribution in [0.25, 0.3) is 0 Å². The van der Waals surface area contributed by atoms with Gasteiger partial charge in [0.15, 0.2) is 0 Å². The van der Waals surface area contributed by atoms with Crippen LogP contribution in [0.2, 0.25) is 0 Å². The molecule has 202 valence electrons. The van der Waals surface area contributed by atoms with Crippen LogP contribution >= 0.6 is 0 Å². The molecule has 1 aromatic heterocycles. The predicted molar refractivity (Wildman–Crippen MR) is 134 cm³/mol. The monoisotopic (exact) mass is 538 g/mol. The number of aromatic nitrogens is 1. The predicted octanol–water partition coefficient (Wildman–Crippen LogP) is 4.46. The topological polar surface area (TPSA) is 82.6 Å². The van der Waals surface area contributed by atoms with Gasteiger partial charge < -0.3 is 10.2 Å². The lowest BCUT2D eigenvalue weighted by Crippen LogP contribution is -2.46. The second-order valence-electron chi connectivity index (χ2n) is 9.77. The highest BCUT2D eigenvalue weighted by molar-refractivity contribution is 7.89. The summed E-state index contributed by atoms with van der Waals surface area (Å²) < 4.78 is 67.1. The van der Waals surface area contributed by atoms with Crippen LogP contribution in [0, 0.1) is 5.92 Å². The summed E-state index contributed by atoms with van der Waals surface area (Å²) in [4.78, 5) is 18.7. The number of halogens is 3. The first-order valence-corrected chi connectivity index (χ1v) is 14.2. The van der Waals surface area contributed by atoms with Crippen LogP contribution < -0.4 is 10.2 Å². The van der Waals surface area contributed by atoms with Crippen molar-refractivity contribution in [3.05, 3.63) is 54.4 Å². The minimum Gasteiger partial charge on any atom is -0.371 e. The zero-order valence-corrected chi connectivity index (χ0v) is 21.5. The van der Waals surface area contributed by atoms with E-state index >= 15 is 0 Å².